The van der Waals surface area contributed by atoms with Gasteiger partial charge in [-0.3, -0.25) is 9.36 Å². The molecule has 6 nitrogen and oxygen atoms in total. The molecule has 2 N–H and O–H groups in total. The molecular weight excluding hydrogens is 490 g/mol. The molecular formula is C25H25ClF2N6S. The van der Waals surface area contributed by atoms with E-state index in [0.717, 1.165) is 28.5 Å². The van der Waals surface area contributed by atoms with E-state index in [1.165, 1.54) is 12.1 Å². The van der Waals surface area contributed by atoms with Crippen LogP contribution in [0.2, 0.25) is 5.02 Å². The molecule has 0 aliphatic rings. The summed E-state index contributed by atoms with van der Waals surface area (Å²) < 4.78 is 31.8. The first-order valence-corrected chi connectivity index (χ1v) is 11.8. The van der Waals surface area contributed by atoms with E-state index in [4.69, 9.17) is 23.8 Å². The van der Waals surface area contributed by atoms with Crippen LogP contribution in [0.5, 0.6) is 0 Å². The fourth-order valence-electron chi connectivity index (χ4n) is 3.94. The first-order valence-electron chi connectivity index (χ1n) is 11.0. The maximum atomic E-state index is 14.3. The molecule has 0 aliphatic heterocycles. The molecule has 0 unspecified atom stereocenters. The lowest BCUT2D eigenvalue weighted by Gasteiger charge is -2.12. The monoisotopic (exact) mass is 514 g/mol. The first kappa shape index (κ1) is 24.8. The first-order chi connectivity index (χ1) is 16.7. The number of rotatable bonds is 6. The molecule has 0 saturated heterocycles. The van der Waals surface area contributed by atoms with Crippen LogP contribution in [0.25, 0.3) is 0 Å². The lowest BCUT2D eigenvalue weighted by molar-refractivity contribution is 0.579. The normalized spacial score (nSPS) is 11.1. The molecule has 0 bridgehead atoms. The Labute approximate surface area is 212 Å². The second kappa shape index (κ2) is 10.1. The molecule has 0 fully saturated rings. The minimum atomic E-state index is -0.380. The van der Waals surface area contributed by atoms with E-state index >= 15 is 0 Å². The Bertz CT molecular complexity index is 1390. The van der Waals surface area contributed by atoms with Crippen LogP contribution < -0.4 is 10.6 Å². The highest BCUT2D eigenvalue weighted by Crippen LogP contribution is 2.26. The van der Waals surface area contributed by atoms with Crippen molar-refractivity contribution in [2.75, 3.05) is 10.6 Å². The Kier molecular flexibility index (Phi) is 7.18. The van der Waals surface area contributed by atoms with Gasteiger partial charge in [0.25, 0.3) is 0 Å². The van der Waals surface area contributed by atoms with Crippen molar-refractivity contribution < 1.29 is 8.78 Å². The minimum Gasteiger partial charge on any atom is -0.329 e. The van der Waals surface area contributed by atoms with Gasteiger partial charge in [-0.2, -0.15) is 10.2 Å². The average Bonchev–Trinajstić information content (AvgIpc) is 3.22. The Morgan fingerprint density at radius 1 is 0.829 bits per heavy atom. The summed E-state index contributed by atoms with van der Waals surface area (Å²) in [6, 6.07) is 11.2. The second-order valence-electron chi connectivity index (χ2n) is 8.28. The van der Waals surface area contributed by atoms with Gasteiger partial charge in [0.1, 0.15) is 11.6 Å². The van der Waals surface area contributed by atoms with Crippen molar-refractivity contribution in [1.82, 2.24) is 19.6 Å². The Morgan fingerprint density at radius 2 is 1.37 bits per heavy atom. The second-order valence-corrected chi connectivity index (χ2v) is 9.09. The van der Waals surface area contributed by atoms with Crippen molar-refractivity contribution in [2.24, 2.45) is 0 Å². The van der Waals surface area contributed by atoms with Crippen molar-refractivity contribution in [2.45, 2.75) is 40.8 Å². The number of nitrogens with zero attached hydrogens (tertiary/aromatic N) is 4. The van der Waals surface area contributed by atoms with Gasteiger partial charge in [0.15, 0.2) is 5.11 Å². The van der Waals surface area contributed by atoms with Crippen molar-refractivity contribution in [3.8, 4) is 0 Å². The zero-order valence-electron chi connectivity index (χ0n) is 19.8. The number of hydrogen-bond acceptors (Lipinski definition) is 3. The third-order valence-corrected chi connectivity index (χ3v) is 6.45. The Hall–Kier alpha value is -3.30. The quantitative estimate of drug-likeness (QED) is 0.302. The van der Waals surface area contributed by atoms with Crippen molar-refractivity contribution >= 4 is 40.3 Å². The largest absolute Gasteiger partial charge is 0.329 e. The SMILES string of the molecule is Cc1nn(Cc2ccccc2F)c(C)c1NC(=S)Nc1c(C)nn(Cc2c(F)cccc2Cl)c1C. The van der Waals surface area contributed by atoms with Gasteiger partial charge in [-0.25, -0.2) is 8.78 Å². The van der Waals surface area contributed by atoms with E-state index in [1.807, 2.05) is 27.7 Å². The summed E-state index contributed by atoms with van der Waals surface area (Å²) in [6.45, 7) is 8.00. The van der Waals surface area contributed by atoms with Crippen molar-refractivity contribution in [1.29, 1.82) is 0 Å². The van der Waals surface area contributed by atoms with E-state index in [0.29, 0.717) is 33.5 Å². The lowest BCUT2D eigenvalue weighted by atomic mass is 10.2. The van der Waals surface area contributed by atoms with Gasteiger partial charge in [-0.15, -0.1) is 0 Å². The molecule has 0 radical (unpaired) electrons. The third kappa shape index (κ3) is 5.21. The summed E-state index contributed by atoms with van der Waals surface area (Å²) in [6.07, 6.45) is 0. The average molecular weight is 515 g/mol. The molecule has 0 spiro atoms. The smallest absolute Gasteiger partial charge is 0.175 e. The predicted molar refractivity (Wildman–Crippen MR) is 139 cm³/mol. The number of aryl methyl sites for hydroxylation is 2. The summed E-state index contributed by atoms with van der Waals surface area (Å²) in [5.41, 5.74) is 5.47. The Balaban J connectivity index is 1.50. The summed E-state index contributed by atoms with van der Waals surface area (Å²) in [4.78, 5) is 0. The van der Waals surface area contributed by atoms with Gasteiger partial charge in [-0.05, 0) is 58.1 Å². The molecule has 4 rings (SSSR count). The molecule has 10 heteroatoms. The number of anilines is 2. The van der Waals surface area contributed by atoms with E-state index in [1.54, 1.807) is 39.7 Å². The molecule has 35 heavy (non-hydrogen) atoms. The molecule has 2 aromatic heterocycles. The molecule has 0 atom stereocenters. The zero-order chi connectivity index (χ0) is 25.3. The van der Waals surface area contributed by atoms with E-state index in [9.17, 15) is 8.78 Å². The zero-order valence-corrected chi connectivity index (χ0v) is 21.4. The van der Waals surface area contributed by atoms with Gasteiger partial charge in [-0.1, -0.05) is 35.9 Å². The van der Waals surface area contributed by atoms with Gasteiger partial charge >= 0.3 is 0 Å². The lowest BCUT2D eigenvalue weighted by Crippen LogP contribution is -2.21. The predicted octanol–water partition coefficient (Wildman–Crippen LogP) is 6.15. The summed E-state index contributed by atoms with van der Waals surface area (Å²) in [5.74, 6) is -0.651. The van der Waals surface area contributed by atoms with E-state index in [2.05, 4.69) is 20.8 Å². The minimum absolute atomic E-state index is 0.196. The van der Waals surface area contributed by atoms with Crippen LogP contribution in [-0.2, 0) is 13.1 Å². The highest BCUT2D eigenvalue weighted by atomic mass is 35.5. The summed E-state index contributed by atoms with van der Waals surface area (Å²) in [7, 11) is 0. The number of aromatic nitrogens is 4. The number of nitrogens with one attached hydrogen (secondary N) is 2. The van der Waals surface area contributed by atoms with Crippen LogP contribution in [-0.4, -0.2) is 24.7 Å². The fourth-order valence-corrected chi connectivity index (χ4v) is 4.37. The van der Waals surface area contributed by atoms with Crippen molar-refractivity contribution in [3.05, 3.63) is 93.0 Å². The third-order valence-electron chi connectivity index (χ3n) is 5.89. The molecule has 182 valence electrons. The highest BCUT2D eigenvalue weighted by Gasteiger charge is 2.18. The number of hydrogen-bond donors (Lipinski definition) is 2. The molecule has 2 aromatic carbocycles. The maximum absolute atomic E-state index is 14.3. The van der Waals surface area contributed by atoms with Crippen LogP contribution in [0.1, 0.15) is 33.9 Å². The fraction of sp³-hybridized carbons (Fsp3) is 0.240. The molecule has 0 aliphatic carbocycles. The van der Waals surface area contributed by atoms with Gasteiger partial charge in [0, 0.05) is 16.1 Å². The van der Waals surface area contributed by atoms with Gasteiger partial charge in [0.05, 0.1) is 47.2 Å². The van der Waals surface area contributed by atoms with Crippen LogP contribution >= 0.6 is 23.8 Å². The maximum Gasteiger partial charge on any atom is 0.175 e. The van der Waals surface area contributed by atoms with Crippen LogP contribution in [0, 0.1) is 39.3 Å². The number of benzene rings is 2. The van der Waals surface area contributed by atoms with Crippen LogP contribution in [0.4, 0.5) is 20.2 Å². The molecule has 0 amide bonds. The topological polar surface area (TPSA) is 59.7 Å². The highest BCUT2D eigenvalue weighted by molar-refractivity contribution is 7.80. The molecule has 2 heterocycles. The van der Waals surface area contributed by atoms with Crippen molar-refractivity contribution in [3.63, 3.8) is 0 Å². The van der Waals surface area contributed by atoms with Gasteiger partial charge < -0.3 is 10.6 Å². The van der Waals surface area contributed by atoms with Crippen LogP contribution in [0.15, 0.2) is 42.5 Å². The summed E-state index contributed by atoms with van der Waals surface area (Å²) in [5, 5.41) is 16.2. The van der Waals surface area contributed by atoms with E-state index < -0.39 is 0 Å². The number of halogens is 3. The molecule has 0 saturated carbocycles. The van der Waals surface area contributed by atoms with E-state index in [-0.39, 0.29) is 18.2 Å². The van der Waals surface area contributed by atoms with Gasteiger partial charge in [0.2, 0.25) is 0 Å². The number of thiocarbonyl (C=S) groups is 1. The van der Waals surface area contributed by atoms with Crippen LogP contribution in [0.3, 0.4) is 0 Å². The molecule has 4 aromatic rings. The Morgan fingerprint density at radius 3 is 1.94 bits per heavy atom. The standard InChI is InChI=1S/C25H25ClF2N6S/c1-14-23(16(3)33(31-14)12-18-8-5-6-10-21(18)27)29-25(35)30-24-15(2)32-34(17(24)4)13-19-20(26)9-7-11-22(19)28/h5-11H,12-13H2,1-4H3,(H2,29,30,35). The summed E-state index contributed by atoms with van der Waals surface area (Å²) >= 11 is 11.7.